The minimum absolute atomic E-state index is 0.162. The van der Waals surface area contributed by atoms with Crippen LogP contribution in [0.15, 0.2) is 77.3 Å². The first-order valence-corrected chi connectivity index (χ1v) is 10.0. The number of oxazole rings is 1. The summed E-state index contributed by atoms with van der Waals surface area (Å²) in [4.78, 5) is 5.71. The van der Waals surface area contributed by atoms with E-state index in [-0.39, 0.29) is 6.54 Å². The van der Waals surface area contributed by atoms with Gasteiger partial charge in [0.05, 0.1) is 19.9 Å². The van der Waals surface area contributed by atoms with Crippen molar-refractivity contribution in [2.45, 2.75) is 6.54 Å². The molecular weight excluding hydrogens is 428 g/mol. The highest BCUT2D eigenvalue weighted by molar-refractivity contribution is 5.66. The van der Waals surface area contributed by atoms with Crippen LogP contribution in [0.2, 0.25) is 0 Å². The summed E-state index contributed by atoms with van der Waals surface area (Å²) in [5.41, 5.74) is 2.88. The first-order chi connectivity index (χ1) is 16.1. The number of rotatable bonds is 6. The second-order valence-electron chi connectivity index (χ2n) is 7.23. The summed E-state index contributed by atoms with van der Waals surface area (Å²) in [6.07, 6.45) is 1.67. The molecule has 5 rings (SSSR count). The number of tetrazole rings is 1. The average Bonchev–Trinajstić information content (AvgIpc) is 3.52. The van der Waals surface area contributed by atoms with Gasteiger partial charge in [0.15, 0.2) is 17.4 Å². The molecule has 0 atom stereocenters. The predicted octanol–water partition coefficient (Wildman–Crippen LogP) is 5.00. The zero-order chi connectivity index (χ0) is 22.8. The molecule has 2 aromatic heterocycles. The van der Waals surface area contributed by atoms with Crippen LogP contribution >= 0.6 is 0 Å². The maximum absolute atomic E-state index is 13.4. The lowest BCUT2D eigenvalue weighted by Crippen LogP contribution is -2.04. The Balaban J connectivity index is 1.36. The Morgan fingerprint density at radius 1 is 0.909 bits per heavy atom. The van der Waals surface area contributed by atoms with Crippen LogP contribution in [0.5, 0.6) is 5.75 Å². The molecule has 0 aliphatic heterocycles. The van der Waals surface area contributed by atoms with Crippen molar-refractivity contribution in [1.29, 1.82) is 0 Å². The van der Waals surface area contributed by atoms with Crippen molar-refractivity contribution >= 4 is 0 Å². The molecule has 0 aliphatic rings. The van der Waals surface area contributed by atoms with Crippen LogP contribution < -0.4 is 4.74 Å². The molecule has 33 heavy (non-hydrogen) atoms. The number of methoxy groups -OCH3 is 1. The van der Waals surface area contributed by atoms with E-state index in [1.54, 1.807) is 13.3 Å². The van der Waals surface area contributed by atoms with Gasteiger partial charge in [0.1, 0.15) is 5.75 Å². The van der Waals surface area contributed by atoms with Crippen LogP contribution in [0, 0.1) is 11.6 Å². The number of aromatic nitrogens is 5. The van der Waals surface area contributed by atoms with E-state index < -0.39 is 11.6 Å². The summed E-state index contributed by atoms with van der Waals surface area (Å²) in [6.45, 7) is 0.162. The molecule has 0 unspecified atom stereocenters. The van der Waals surface area contributed by atoms with Gasteiger partial charge in [-0.3, -0.25) is 0 Å². The predicted molar refractivity (Wildman–Crippen MR) is 116 cm³/mol. The summed E-state index contributed by atoms with van der Waals surface area (Å²) in [7, 11) is 1.62. The minimum atomic E-state index is -0.916. The molecule has 0 radical (unpaired) electrons. The van der Waals surface area contributed by atoms with E-state index in [1.807, 2.05) is 48.5 Å². The van der Waals surface area contributed by atoms with Crippen molar-refractivity contribution in [3.8, 4) is 39.9 Å². The fourth-order valence-corrected chi connectivity index (χ4v) is 3.31. The molecule has 5 aromatic rings. The molecule has 0 spiro atoms. The van der Waals surface area contributed by atoms with Crippen LogP contribution in [-0.2, 0) is 6.54 Å². The van der Waals surface area contributed by atoms with Crippen molar-refractivity contribution in [1.82, 2.24) is 25.2 Å². The SMILES string of the molecule is COc1ccc(-c2cnc(-c3cccc(-c4nnn(Cc5ccc(F)c(F)c5)n4)c3)o2)cc1. The fraction of sp³-hybridized carbons (Fsp3) is 0.0833. The van der Waals surface area contributed by atoms with Crippen LogP contribution in [0.25, 0.3) is 34.2 Å². The molecule has 0 saturated heterocycles. The number of benzene rings is 3. The van der Waals surface area contributed by atoms with Gasteiger partial charge >= 0.3 is 0 Å². The van der Waals surface area contributed by atoms with E-state index in [0.29, 0.717) is 28.6 Å². The molecule has 0 N–H and O–H groups in total. The third kappa shape index (κ3) is 4.33. The zero-order valence-corrected chi connectivity index (χ0v) is 17.4. The topological polar surface area (TPSA) is 78.9 Å². The molecule has 7 nitrogen and oxygen atoms in total. The minimum Gasteiger partial charge on any atom is -0.497 e. The van der Waals surface area contributed by atoms with Crippen molar-refractivity contribution in [3.05, 3.63) is 90.1 Å². The number of nitrogens with zero attached hydrogens (tertiary/aromatic N) is 5. The Morgan fingerprint density at radius 2 is 1.73 bits per heavy atom. The quantitative estimate of drug-likeness (QED) is 0.366. The second kappa shape index (κ2) is 8.62. The number of halogens is 2. The molecular formula is C24H17F2N5O2. The molecule has 0 saturated carbocycles. The largest absolute Gasteiger partial charge is 0.497 e. The summed E-state index contributed by atoms with van der Waals surface area (Å²) >= 11 is 0. The molecule has 0 amide bonds. The third-order valence-electron chi connectivity index (χ3n) is 5.01. The summed E-state index contributed by atoms with van der Waals surface area (Å²) in [5, 5.41) is 12.4. The van der Waals surface area contributed by atoms with Crippen molar-refractivity contribution in [2.75, 3.05) is 7.11 Å². The highest BCUT2D eigenvalue weighted by Gasteiger charge is 2.13. The molecule has 2 heterocycles. The zero-order valence-electron chi connectivity index (χ0n) is 17.4. The van der Waals surface area contributed by atoms with Gasteiger partial charge in [0.25, 0.3) is 0 Å². The van der Waals surface area contributed by atoms with Gasteiger partial charge in [0, 0.05) is 16.7 Å². The number of hydrogen-bond acceptors (Lipinski definition) is 6. The second-order valence-corrected chi connectivity index (χ2v) is 7.23. The van der Waals surface area contributed by atoms with Gasteiger partial charge in [-0.25, -0.2) is 13.8 Å². The normalized spacial score (nSPS) is 11.0. The number of ether oxygens (including phenoxy) is 1. The van der Waals surface area contributed by atoms with E-state index in [0.717, 1.165) is 29.0 Å². The van der Waals surface area contributed by atoms with Crippen LogP contribution in [0.1, 0.15) is 5.56 Å². The molecule has 9 heteroatoms. The third-order valence-corrected chi connectivity index (χ3v) is 5.01. The molecule has 3 aromatic carbocycles. The standard InChI is InChI=1S/C24H17F2N5O2/c1-32-19-8-6-16(7-9-19)22-13-27-24(33-22)18-4-2-3-17(12-18)23-28-30-31(29-23)14-15-5-10-20(25)21(26)11-15/h2-13H,14H2,1H3. The smallest absolute Gasteiger partial charge is 0.226 e. The molecule has 0 bridgehead atoms. The summed E-state index contributed by atoms with van der Waals surface area (Å²) in [6, 6.07) is 18.6. The maximum Gasteiger partial charge on any atom is 0.226 e. The Morgan fingerprint density at radius 3 is 2.52 bits per heavy atom. The van der Waals surface area contributed by atoms with Gasteiger partial charge < -0.3 is 9.15 Å². The highest BCUT2D eigenvalue weighted by atomic mass is 19.2. The van der Waals surface area contributed by atoms with Gasteiger partial charge in [-0.2, -0.15) is 4.80 Å². The van der Waals surface area contributed by atoms with E-state index in [4.69, 9.17) is 9.15 Å². The lowest BCUT2D eigenvalue weighted by atomic mass is 10.1. The van der Waals surface area contributed by atoms with E-state index in [9.17, 15) is 8.78 Å². The molecule has 164 valence electrons. The molecule has 0 aliphatic carbocycles. The Hall–Kier alpha value is -4.40. The van der Waals surface area contributed by atoms with Crippen molar-refractivity contribution in [2.24, 2.45) is 0 Å². The monoisotopic (exact) mass is 445 g/mol. The first kappa shape index (κ1) is 20.5. The van der Waals surface area contributed by atoms with Gasteiger partial charge in [-0.05, 0) is 59.3 Å². The van der Waals surface area contributed by atoms with Gasteiger partial charge in [-0.1, -0.05) is 18.2 Å². The van der Waals surface area contributed by atoms with Crippen LogP contribution in [0.3, 0.4) is 0 Å². The van der Waals surface area contributed by atoms with Crippen molar-refractivity contribution in [3.63, 3.8) is 0 Å². The van der Waals surface area contributed by atoms with E-state index in [1.165, 1.54) is 10.9 Å². The summed E-state index contributed by atoms with van der Waals surface area (Å²) < 4.78 is 37.7. The fourth-order valence-electron chi connectivity index (χ4n) is 3.31. The summed E-state index contributed by atoms with van der Waals surface area (Å²) in [5.74, 6) is 0.424. The lowest BCUT2D eigenvalue weighted by Gasteiger charge is -2.01. The Labute approximate surface area is 187 Å². The Bertz CT molecular complexity index is 1410. The molecule has 0 fully saturated rings. The first-order valence-electron chi connectivity index (χ1n) is 10.0. The lowest BCUT2D eigenvalue weighted by molar-refractivity contribution is 0.415. The maximum atomic E-state index is 13.4. The van der Waals surface area contributed by atoms with Gasteiger partial charge in [-0.15, -0.1) is 10.2 Å². The highest BCUT2D eigenvalue weighted by Crippen LogP contribution is 2.29. The Kier molecular flexibility index (Phi) is 5.35. The van der Waals surface area contributed by atoms with Crippen molar-refractivity contribution < 1.29 is 17.9 Å². The number of hydrogen-bond donors (Lipinski definition) is 0. The van der Waals surface area contributed by atoms with Crippen LogP contribution in [-0.4, -0.2) is 32.3 Å². The van der Waals surface area contributed by atoms with Crippen LogP contribution in [0.4, 0.5) is 8.78 Å². The van der Waals surface area contributed by atoms with E-state index in [2.05, 4.69) is 20.4 Å². The van der Waals surface area contributed by atoms with E-state index >= 15 is 0 Å². The average molecular weight is 445 g/mol. The van der Waals surface area contributed by atoms with Gasteiger partial charge in [0.2, 0.25) is 11.7 Å².